The van der Waals surface area contributed by atoms with Gasteiger partial charge in [-0.05, 0) is 31.5 Å². The number of fused-ring (bicyclic) bond motifs is 1. The van der Waals surface area contributed by atoms with Crippen molar-refractivity contribution in [1.82, 2.24) is 4.57 Å². The van der Waals surface area contributed by atoms with Crippen LogP contribution in [-0.2, 0) is 16.6 Å². The summed E-state index contributed by atoms with van der Waals surface area (Å²) in [7, 11) is 3.22. The lowest BCUT2D eigenvalue weighted by Crippen LogP contribution is -2.34. The van der Waals surface area contributed by atoms with Gasteiger partial charge in [0.1, 0.15) is 17.1 Å². The van der Waals surface area contributed by atoms with Crippen LogP contribution in [0.4, 0.5) is 0 Å². The molecule has 0 bridgehead atoms. The maximum Gasteiger partial charge on any atom is 0.340 e. The van der Waals surface area contributed by atoms with Gasteiger partial charge in [-0.15, -0.1) is 0 Å². The molecule has 0 aliphatic carbocycles. The highest BCUT2D eigenvalue weighted by molar-refractivity contribution is 5.92. The van der Waals surface area contributed by atoms with E-state index in [0.29, 0.717) is 22.6 Å². The third kappa shape index (κ3) is 3.16. The highest BCUT2D eigenvalue weighted by atomic mass is 16.5. The summed E-state index contributed by atoms with van der Waals surface area (Å²) < 4.78 is 17.6. The van der Waals surface area contributed by atoms with E-state index in [-0.39, 0.29) is 23.6 Å². The maximum absolute atomic E-state index is 13.0. The zero-order valence-corrected chi connectivity index (χ0v) is 15.7. The number of nitrogens with zero attached hydrogens (tertiary/aromatic N) is 1. The third-order valence-corrected chi connectivity index (χ3v) is 4.65. The maximum atomic E-state index is 13.0. The number of hydrogen-bond donors (Lipinski definition) is 1. The van der Waals surface area contributed by atoms with E-state index in [9.17, 15) is 9.59 Å². The van der Waals surface area contributed by atoms with Crippen molar-refractivity contribution in [1.29, 1.82) is 0 Å². The molecule has 0 spiro atoms. The zero-order valence-electron chi connectivity index (χ0n) is 15.7. The second kappa shape index (κ2) is 7.19. The number of benzene rings is 1. The molecule has 1 aromatic carbocycles. The first-order valence-electron chi connectivity index (χ1n) is 8.58. The molecule has 3 rings (SSSR count). The van der Waals surface area contributed by atoms with Gasteiger partial charge in [0, 0.05) is 18.8 Å². The van der Waals surface area contributed by atoms with Gasteiger partial charge in [-0.2, -0.15) is 0 Å². The lowest BCUT2D eigenvalue weighted by Gasteiger charge is -2.28. The van der Waals surface area contributed by atoms with Crippen molar-refractivity contribution < 1.29 is 19.0 Å². The van der Waals surface area contributed by atoms with Crippen molar-refractivity contribution in [3.05, 3.63) is 69.0 Å². The van der Waals surface area contributed by atoms with Gasteiger partial charge in [-0.25, -0.2) is 4.79 Å². The Morgan fingerprint density at radius 1 is 1.33 bits per heavy atom. The summed E-state index contributed by atoms with van der Waals surface area (Å²) in [6.07, 6.45) is 0. The molecular weight excluding hydrogens is 348 g/mol. The van der Waals surface area contributed by atoms with Crippen LogP contribution < -0.4 is 20.8 Å². The van der Waals surface area contributed by atoms with Gasteiger partial charge in [-0.3, -0.25) is 4.79 Å². The highest BCUT2D eigenvalue weighted by Gasteiger charge is 2.38. The zero-order chi connectivity index (χ0) is 19.7. The molecule has 142 valence electrons. The number of methoxy groups -OCH3 is 1. The Labute approximate surface area is 157 Å². The molecule has 0 saturated carbocycles. The Balaban J connectivity index is 2.31. The predicted octanol–water partition coefficient (Wildman–Crippen LogP) is 1.96. The van der Waals surface area contributed by atoms with E-state index in [1.807, 2.05) is 6.07 Å². The van der Waals surface area contributed by atoms with E-state index < -0.39 is 11.9 Å². The fraction of sp³-hybridized carbons (Fsp3) is 0.300. The van der Waals surface area contributed by atoms with Crippen LogP contribution in [0.1, 0.15) is 29.7 Å². The monoisotopic (exact) mass is 370 g/mol. The van der Waals surface area contributed by atoms with Gasteiger partial charge >= 0.3 is 5.97 Å². The number of esters is 1. The van der Waals surface area contributed by atoms with Gasteiger partial charge in [0.2, 0.25) is 5.88 Å². The molecular formula is C20H22N2O5. The standard InChI is InChI=1S/C20H22N2O5/c1-5-26-20(24)17-15(12-7-6-8-13(10-12)25-4)16-14(27-18(17)21)9-11(2)22(3)19(16)23/h6-10,15H,5,21H2,1-4H3/t15-/m0/s1. The second-order valence-electron chi connectivity index (χ2n) is 6.24. The number of rotatable bonds is 4. The van der Waals surface area contributed by atoms with Crippen LogP contribution in [-0.4, -0.2) is 24.3 Å². The number of aryl methyl sites for hydroxylation is 1. The van der Waals surface area contributed by atoms with Gasteiger partial charge in [0.05, 0.1) is 25.2 Å². The Hall–Kier alpha value is -3.22. The van der Waals surface area contributed by atoms with E-state index in [2.05, 4.69) is 0 Å². The van der Waals surface area contributed by atoms with Crippen molar-refractivity contribution >= 4 is 5.97 Å². The largest absolute Gasteiger partial charge is 0.497 e. The molecule has 0 fully saturated rings. The molecule has 0 unspecified atom stereocenters. The number of pyridine rings is 1. The molecule has 7 heteroatoms. The van der Waals surface area contributed by atoms with Crippen LogP contribution in [0.3, 0.4) is 0 Å². The summed E-state index contributed by atoms with van der Waals surface area (Å²) in [4.78, 5) is 25.7. The summed E-state index contributed by atoms with van der Waals surface area (Å²) in [6.45, 7) is 3.68. The summed E-state index contributed by atoms with van der Waals surface area (Å²) in [5.41, 5.74) is 7.68. The SMILES string of the molecule is CCOC(=O)C1=C(N)Oc2cc(C)n(C)c(=O)c2[C@@H]1c1cccc(OC)c1. The van der Waals surface area contributed by atoms with Gasteiger partial charge in [0.15, 0.2) is 0 Å². The molecule has 0 saturated heterocycles. The smallest absolute Gasteiger partial charge is 0.340 e. The quantitative estimate of drug-likeness (QED) is 0.827. The second-order valence-corrected chi connectivity index (χ2v) is 6.24. The van der Waals surface area contributed by atoms with Crippen molar-refractivity contribution in [3.63, 3.8) is 0 Å². The van der Waals surface area contributed by atoms with Crippen LogP contribution in [0.2, 0.25) is 0 Å². The highest BCUT2D eigenvalue weighted by Crippen LogP contribution is 2.41. The molecule has 1 atom stereocenters. The van der Waals surface area contributed by atoms with E-state index in [1.54, 1.807) is 52.3 Å². The van der Waals surface area contributed by atoms with Crippen LogP contribution in [0.25, 0.3) is 0 Å². The minimum atomic E-state index is -0.720. The molecule has 2 heterocycles. The number of carbonyl (C=O) groups is 1. The Bertz CT molecular complexity index is 990. The Morgan fingerprint density at radius 3 is 2.74 bits per heavy atom. The minimum Gasteiger partial charge on any atom is -0.497 e. The Kier molecular flexibility index (Phi) is 4.94. The van der Waals surface area contributed by atoms with E-state index >= 15 is 0 Å². The average molecular weight is 370 g/mol. The molecule has 2 N–H and O–H groups in total. The minimum absolute atomic E-state index is 0.0681. The first-order valence-corrected chi connectivity index (χ1v) is 8.58. The van der Waals surface area contributed by atoms with Crippen molar-refractivity contribution in [2.45, 2.75) is 19.8 Å². The lowest BCUT2D eigenvalue weighted by atomic mass is 9.83. The topological polar surface area (TPSA) is 92.8 Å². The van der Waals surface area contributed by atoms with Crippen LogP contribution in [0, 0.1) is 6.92 Å². The molecule has 0 radical (unpaired) electrons. The van der Waals surface area contributed by atoms with E-state index in [1.165, 1.54) is 4.57 Å². The predicted molar refractivity (Wildman–Crippen MR) is 99.7 cm³/mol. The van der Waals surface area contributed by atoms with Crippen molar-refractivity contribution in [2.24, 2.45) is 12.8 Å². The fourth-order valence-electron chi connectivity index (χ4n) is 3.20. The number of aromatic nitrogens is 1. The van der Waals surface area contributed by atoms with Crippen molar-refractivity contribution in [3.8, 4) is 11.5 Å². The third-order valence-electron chi connectivity index (χ3n) is 4.65. The van der Waals surface area contributed by atoms with E-state index in [0.717, 1.165) is 5.69 Å². The normalized spacial score (nSPS) is 15.8. The summed E-state index contributed by atoms with van der Waals surface area (Å²) in [6, 6.07) is 8.90. The number of nitrogens with two attached hydrogens (primary N) is 1. The van der Waals surface area contributed by atoms with Gasteiger partial charge < -0.3 is 24.5 Å². The van der Waals surface area contributed by atoms with Crippen LogP contribution >= 0.6 is 0 Å². The fourth-order valence-corrected chi connectivity index (χ4v) is 3.20. The van der Waals surface area contributed by atoms with Gasteiger partial charge in [0.25, 0.3) is 5.56 Å². The number of hydrogen-bond acceptors (Lipinski definition) is 6. The molecule has 7 nitrogen and oxygen atoms in total. The summed E-state index contributed by atoms with van der Waals surface area (Å²) >= 11 is 0. The molecule has 1 aromatic heterocycles. The molecule has 27 heavy (non-hydrogen) atoms. The first-order chi connectivity index (χ1) is 12.9. The molecule has 1 aliphatic heterocycles. The average Bonchev–Trinajstić information content (AvgIpc) is 2.65. The lowest BCUT2D eigenvalue weighted by molar-refractivity contribution is -0.139. The van der Waals surface area contributed by atoms with Crippen LogP contribution in [0.15, 0.2) is 46.6 Å². The molecule has 1 aliphatic rings. The van der Waals surface area contributed by atoms with Crippen molar-refractivity contribution in [2.75, 3.05) is 13.7 Å². The summed E-state index contributed by atoms with van der Waals surface area (Å²) in [5, 5.41) is 0. The number of ether oxygens (including phenoxy) is 3. The Morgan fingerprint density at radius 2 is 2.07 bits per heavy atom. The van der Waals surface area contributed by atoms with E-state index in [4.69, 9.17) is 19.9 Å². The summed E-state index contributed by atoms with van der Waals surface area (Å²) in [5.74, 6) is -0.458. The van der Waals surface area contributed by atoms with Crippen LogP contribution in [0.5, 0.6) is 11.5 Å². The molecule has 2 aromatic rings. The number of carbonyl (C=O) groups excluding carboxylic acids is 1. The molecule has 0 amide bonds. The first kappa shape index (κ1) is 18.6. The van der Waals surface area contributed by atoms with Gasteiger partial charge in [-0.1, -0.05) is 12.1 Å².